The molecule has 0 radical (unpaired) electrons. The van der Waals surface area contributed by atoms with E-state index in [4.69, 9.17) is 9.47 Å². The van der Waals surface area contributed by atoms with E-state index >= 15 is 0 Å². The first-order chi connectivity index (χ1) is 16.3. The second kappa shape index (κ2) is 8.88. The van der Waals surface area contributed by atoms with E-state index in [-0.39, 0.29) is 23.3 Å². The van der Waals surface area contributed by atoms with Crippen molar-refractivity contribution >= 4 is 32.9 Å². The molecule has 0 spiro atoms. The largest absolute Gasteiger partial charge is 0.534 e. The zero-order chi connectivity index (χ0) is 25.6. The van der Waals surface area contributed by atoms with Crippen LogP contribution >= 0.6 is 0 Å². The van der Waals surface area contributed by atoms with E-state index in [1.54, 1.807) is 25.7 Å². The van der Waals surface area contributed by atoms with E-state index in [2.05, 4.69) is 14.2 Å². The molecule has 1 aromatic heterocycles. The van der Waals surface area contributed by atoms with Gasteiger partial charge in [0.2, 0.25) is 0 Å². The summed E-state index contributed by atoms with van der Waals surface area (Å²) in [6.45, 7) is 7.22. The number of ether oxygens (including phenoxy) is 2. The number of halogens is 3. The summed E-state index contributed by atoms with van der Waals surface area (Å²) in [5.74, 6) is 0.206. The molecule has 0 bridgehead atoms. The van der Waals surface area contributed by atoms with E-state index in [1.165, 1.54) is 6.33 Å². The lowest BCUT2D eigenvalue weighted by atomic mass is 10.0. The summed E-state index contributed by atoms with van der Waals surface area (Å²) in [7, 11) is -5.87. The van der Waals surface area contributed by atoms with Gasteiger partial charge in [-0.15, -0.1) is 0 Å². The van der Waals surface area contributed by atoms with Crippen LogP contribution in [-0.4, -0.2) is 73.3 Å². The van der Waals surface area contributed by atoms with Crippen LogP contribution in [0.15, 0.2) is 12.4 Å². The Morgan fingerprint density at radius 1 is 1.11 bits per heavy atom. The summed E-state index contributed by atoms with van der Waals surface area (Å²) in [6, 6.07) is 1.16. The first-order valence-electron chi connectivity index (χ1n) is 10.9. The second-order valence-electron chi connectivity index (χ2n) is 9.16. The summed E-state index contributed by atoms with van der Waals surface area (Å²) in [4.78, 5) is 24.4. The zero-order valence-electron chi connectivity index (χ0n) is 19.4. The third-order valence-electron chi connectivity index (χ3n) is 5.45. The predicted molar refractivity (Wildman–Crippen MR) is 119 cm³/mol. The van der Waals surface area contributed by atoms with E-state index < -0.39 is 33.1 Å². The maximum Gasteiger partial charge on any atom is 0.534 e. The molecule has 1 aromatic carbocycles. The third kappa shape index (κ3) is 5.16. The highest BCUT2D eigenvalue weighted by atomic mass is 32.2. The summed E-state index contributed by atoms with van der Waals surface area (Å²) in [6.07, 6.45) is 1.54. The maximum absolute atomic E-state index is 12.9. The van der Waals surface area contributed by atoms with E-state index in [1.807, 2.05) is 4.90 Å². The van der Waals surface area contributed by atoms with Gasteiger partial charge in [-0.3, -0.25) is 0 Å². The molecular weight excluding hydrogens is 493 g/mol. The van der Waals surface area contributed by atoms with Crippen molar-refractivity contribution in [3.05, 3.63) is 18.0 Å². The van der Waals surface area contributed by atoms with E-state index in [9.17, 15) is 26.4 Å². The molecule has 2 aliphatic heterocycles. The van der Waals surface area contributed by atoms with E-state index in [0.29, 0.717) is 50.4 Å². The number of alkyl halides is 3. The molecule has 4 rings (SSSR count). The van der Waals surface area contributed by atoms with Crippen LogP contribution in [-0.2, 0) is 21.3 Å². The molecular formula is C21H25F3N4O6S. The number of piperazine rings is 1. The second-order valence-corrected chi connectivity index (χ2v) is 10.7. The zero-order valence-corrected chi connectivity index (χ0v) is 20.2. The molecule has 0 unspecified atom stereocenters. The van der Waals surface area contributed by atoms with Crippen LogP contribution in [0.25, 0.3) is 10.9 Å². The van der Waals surface area contributed by atoms with Crippen LogP contribution in [0.4, 0.5) is 23.8 Å². The molecule has 1 saturated heterocycles. The number of fused-ring (bicyclic) bond motifs is 3. The molecule has 0 N–H and O–H groups in total. The molecule has 35 heavy (non-hydrogen) atoms. The molecule has 0 saturated carbocycles. The maximum atomic E-state index is 12.9. The summed E-state index contributed by atoms with van der Waals surface area (Å²) in [5.41, 5.74) is -5.81. The van der Waals surface area contributed by atoms with Gasteiger partial charge in [0.25, 0.3) is 0 Å². The van der Waals surface area contributed by atoms with E-state index in [0.717, 1.165) is 6.07 Å². The fourth-order valence-corrected chi connectivity index (χ4v) is 4.40. The van der Waals surface area contributed by atoms with Gasteiger partial charge in [-0.25, -0.2) is 14.8 Å². The van der Waals surface area contributed by atoms with Crippen molar-refractivity contribution in [2.75, 3.05) is 37.7 Å². The fraction of sp³-hybridized carbons (Fsp3) is 0.571. The highest BCUT2D eigenvalue weighted by molar-refractivity contribution is 7.88. The molecule has 0 atom stereocenters. The van der Waals surface area contributed by atoms with Gasteiger partial charge in [-0.05, 0) is 33.6 Å². The number of carbonyl (C=O) groups is 1. The number of carbonyl (C=O) groups excluding carboxylic acids is 1. The minimum absolute atomic E-state index is 0.178. The van der Waals surface area contributed by atoms with Crippen molar-refractivity contribution < 1.29 is 40.0 Å². The number of aromatic nitrogens is 2. The predicted octanol–water partition coefficient (Wildman–Crippen LogP) is 3.24. The van der Waals surface area contributed by atoms with Gasteiger partial charge in [0.1, 0.15) is 23.5 Å². The van der Waals surface area contributed by atoms with Gasteiger partial charge in [0.05, 0.1) is 17.5 Å². The van der Waals surface area contributed by atoms with Crippen LogP contribution in [0.5, 0.6) is 11.5 Å². The minimum atomic E-state index is -5.87. The number of nitrogens with zero attached hydrogens (tertiary/aromatic N) is 4. The molecule has 1 fully saturated rings. The highest BCUT2D eigenvalue weighted by Crippen LogP contribution is 2.44. The van der Waals surface area contributed by atoms with Crippen molar-refractivity contribution in [1.29, 1.82) is 0 Å². The van der Waals surface area contributed by atoms with Crippen molar-refractivity contribution in [3.8, 4) is 11.5 Å². The number of amides is 1. The molecule has 14 heteroatoms. The smallest absolute Gasteiger partial charge is 0.492 e. The molecule has 2 aliphatic rings. The van der Waals surface area contributed by atoms with Crippen molar-refractivity contribution in [2.24, 2.45) is 0 Å². The number of benzene rings is 1. The number of hydrogen-bond acceptors (Lipinski definition) is 9. The Hall–Kier alpha value is -3.03. The lowest BCUT2D eigenvalue weighted by molar-refractivity contribution is -0.0500. The molecule has 1 amide bonds. The standard InChI is InChI=1S/C21H25F3N4O6S/c1-20(2,3)33-19(29)28-8-6-27(7-9-28)18-16-14(25-12-26-18)11-15(13-5-4-10-32-17(13)16)34-35(30,31)21(22,23)24/h11-12H,4-10H2,1-3H3. The van der Waals surface area contributed by atoms with Crippen LogP contribution in [0.2, 0.25) is 0 Å². The quantitative estimate of drug-likeness (QED) is 0.447. The molecule has 192 valence electrons. The van der Waals surface area contributed by atoms with Gasteiger partial charge in [0.15, 0.2) is 5.75 Å². The topological polar surface area (TPSA) is 111 Å². The molecule has 10 nitrogen and oxygen atoms in total. The Morgan fingerprint density at radius 3 is 2.43 bits per heavy atom. The number of hydrogen-bond donors (Lipinski definition) is 0. The summed E-state index contributed by atoms with van der Waals surface area (Å²) < 4.78 is 77.8. The van der Waals surface area contributed by atoms with Crippen molar-refractivity contribution in [1.82, 2.24) is 14.9 Å². The Morgan fingerprint density at radius 2 is 1.80 bits per heavy atom. The van der Waals surface area contributed by atoms with Crippen LogP contribution in [0.3, 0.4) is 0 Å². The first kappa shape index (κ1) is 25.1. The van der Waals surface area contributed by atoms with Crippen molar-refractivity contribution in [3.63, 3.8) is 0 Å². The van der Waals surface area contributed by atoms with Gasteiger partial charge in [-0.1, -0.05) is 0 Å². The van der Waals surface area contributed by atoms with Gasteiger partial charge < -0.3 is 23.5 Å². The highest BCUT2D eigenvalue weighted by Gasteiger charge is 2.49. The van der Waals surface area contributed by atoms with Gasteiger partial charge >= 0.3 is 21.7 Å². The molecule has 0 aliphatic carbocycles. The van der Waals surface area contributed by atoms with Crippen molar-refractivity contribution in [2.45, 2.75) is 44.7 Å². The van der Waals surface area contributed by atoms with Gasteiger partial charge in [0, 0.05) is 37.8 Å². The first-order valence-corrected chi connectivity index (χ1v) is 12.3. The number of anilines is 1. The summed E-state index contributed by atoms with van der Waals surface area (Å²) in [5, 5.41) is 0.449. The number of rotatable bonds is 3. The Labute approximate surface area is 200 Å². The third-order valence-corrected chi connectivity index (χ3v) is 6.42. The lowest BCUT2D eigenvalue weighted by Gasteiger charge is -2.36. The fourth-order valence-electron chi connectivity index (χ4n) is 3.92. The van der Waals surface area contributed by atoms with Crippen LogP contribution in [0, 0.1) is 0 Å². The Bertz CT molecular complexity index is 1240. The monoisotopic (exact) mass is 518 g/mol. The normalized spacial score (nSPS) is 17.1. The average Bonchev–Trinajstić information content (AvgIpc) is 2.77. The lowest BCUT2D eigenvalue weighted by Crippen LogP contribution is -2.50. The SMILES string of the molecule is CC(C)(C)OC(=O)N1CCN(c2ncnc3cc(OS(=O)(=O)C(F)(F)F)c4c(c23)OCCC4)CC1. The molecule has 2 aromatic rings. The average molecular weight is 519 g/mol. The minimum Gasteiger partial charge on any atom is -0.492 e. The van der Waals surface area contributed by atoms with Crippen LogP contribution in [0.1, 0.15) is 32.8 Å². The van der Waals surface area contributed by atoms with Gasteiger partial charge in [-0.2, -0.15) is 21.6 Å². The summed E-state index contributed by atoms with van der Waals surface area (Å²) >= 11 is 0. The van der Waals surface area contributed by atoms with Crippen LogP contribution < -0.4 is 13.8 Å². The molecule has 3 heterocycles. The Kier molecular flexibility index (Phi) is 6.36. The Balaban J connectivity index is 1.67.